The van der Waals surface area contributed by atoms with E-state index in [4.69, 9.17) is 9.47 Å². The summed E-state index contributed by atoms with van der Waals surface area (Å²) in [5.41, 5.74) is 1.02. The number of aromatic amines is 1. The Labute approximate surface area is 175 Å². The Morgan fingerprint density at radius 1 is 0.968 bits per heavy atom. The first-order chi connectivity index (χ1) is 14.8. The van der Waals surface area contributed by atoms with E-state index in [0.29, 0.717) is 5.52 Å². The third kappa shape index (κ3) is 5.03. The normalized spacial score (nSPS) is 10.9. The van der Waals surface area contributed by atoms with Crippen LogP contribution < -0.4 is 5.32 Å². The van der Waals surface area contributed by atoms with Crippen LogP contribution in [0.2, 0.25) is 0 Å². The number of ether oxygens (including phenoxy) is 2. The Morgan fingerprint density at radius 2 is 1.58 bits per heavy atom. The maximum absolute atomic E-state index is 12.8. The molecule has 0 saturated heterocycles. The highest BCUT2D eigenvalue weighted by molar-refractivity contribution is 6.07. The zero-order valence-electron chi connectivity index (χ0n) is 16.7. The molecule has 0 bridgehead atoms. The van der Waals surface area contributed by atoms with Gasteiger partial charge in [0.2, 0.25) is 0 Å². The topological polar surface area (TPSA) is 110 Å². The molecule has 0 atom stereocenters. The highest BCUT2D eigenvalue weighted by Crippen LogP contribution is 2.22. The molecule has 0 radical (unpaired) electrons. The minimum atomic E-state index is -2.77. The predicted octanol–water partition coefficient (Wildman–Crippen LogP) is 4.11. The molecule has 3 rings (SSSR count). The zero-order chi connectivity index (χ0) is 22.5. The van der Waals surface area contributed by atoms with Gasteiger partial charge in [0, 0.05) is 11.3 Å². The number of amides is 1. The average Bonchev–Trinajstić information content (AvgIpc) is 3.17. The molecule has 0 unspecified atom stereocenters. The largest absolute Gasteiger partial charge is 0.462 e. The predicted molar refractivity (Wildman–Crippen MR) is 107 cm³/mol. The minimum Gasteiger partial charge on any atom is -0.462 e. The van der Waals surface area contributed by atoms with Crippen molar-refractivity contribution < 1.29 is 32.6 Å². The maximum atomic E-state index is 12.8. The van der Waals surface area contributed by atoms with E-state index in [2.05, 4.69) is 15.3 Å². The van der Waals surface area contributed by atoms with E-state index in [0.717, 1.165) is 0 Å². The molecular weight excluding hydrogens is 412 g/mol. The molecule has 0 aliphatic rings. The molecular formula is C21H19F2N3O5. The van der Waals surface area contributed by atoms with Crippen LogP contribution in [0.3, 0.4) is 0 Å². The second-order valence-corrected chi connectivity index (χ2v) is 6.35. The van der Waals surface area contributed by atoms with Crippen molar-refractivity contribution in [2.45, 2.75) is 20.3 Å². The summed E-state index contributed by atoms with van der Waals surface area (Å²) in [6.07, 6.45) is -2.77. The minimum absolute atomic E-state index is 0.0632. The molecule has 0 saturated carbocycles. The second kappa shape index (κ2) is 9.33. The molecule has 0 fully saturated rings. The molecule has 0 aliphatic heterocycles. The standard InChI is InChI=1S/C21H19F2N3O5/c1-3-30-20(28)12-7-13(21(29)31-4-2)9-14(8-12)24-19(27)11-5-6-15-16(10-11)26-18(25-15)17(22)23/h5-10,17H,3-4H2,1-2H3,(H,24,27)(H,25,26). The van der Waals surface area contributed by atoms with Crippen molar-refractivity contribution in [3.63, 3.8) is 0 Å². The number of H-pyrrole nitrogens is 1. The third-order valence-electron chi connectivity index (χ3n) is 4.18. The number of alkyl halides is 2. The number of rotatable bonds is 7. The van der Waals surface area contributed by atoms with E-state index in [1.165, 1.54) is 36.4 Å². The Kier molecular flexibility index (Phi) is 6.58. The van der Waals surface area contributed by atoms with E-state index < -0.39 is 30.1 Å². The van der Waals surface area contributed by atoms with E-state index >= 15 is 0 Å². The summed E-state index contributed by atoms with van der Waals surface area (Å²) in [6.45, 7) is 3.55. The van der Waals surface area contributed by atoms with Crippen LogP contribution in [0.5, 0.6) is 0 Å². The van der Waals surface area contributed by atoms with Crippen LogP contribution in [-0.2, 0) is 9.47 Å². The van der Waals surface area contributed by atoms with Crippen molar-refractivity contribution >= 4 is 34.6 Å². The summed E-state index contributed by atoms with van der Waals surface area (Å²) in [7, 11) is 0. The maximum Gasteiger partial charge on any atom is 0.338 e. The monoisotopic (exact) mass is 431 g/mol. The summed E-state index contributed by atoms with van der Waals surface area (Å²) in [6, 6.07) is 8.28. The van der Waals surface area contributed by atoms with Gasteiger partial charge in [-0.2, -0.15) is 0 Å². The Balaban J connectivity index is 1.91. The lowest BCUT2D eigenvalue weighted by atomic mass is 10.1. The number of nitrogens with zero attached hydrogens (tertiary/aromatic N) is 1. The molecule has 10 heteroatoms. The molecule has 31 heavy (non-hydrogen) atoms. The fourth-order valence-electron chi connectivity index (χ4n) is 2.84. The highest BCUT2D eigenvalue weighted by Gasteiger charge is 2.17. The van der Waals surface area contributed by atoms with E-state index in [9.17, 15) is 23.2 Å². The lowest BCUT2D eigenvalue weighted by Crippen LogP contribution is -2.15. The number of benzene rings is 2. The van der Waals surface area contributed by atoms with Crippen LogP contribution in [0, 0.1) is 0 Å². The number of halogens is 2. The number of hydrogen-bond acceptors (Lipinski definition) is 6. The first kappa shape index (κ1) is 21.9. The highest BCUT2D eigenvalue weighted by atomic mass is 19.3. The molecule has 8 nitrogen and oxygen atoms in total. The van der Waals surface area contributed by atoms with Gasteiger partial charge in [-0.1, -0.05) is 0 Å². The molecule has 1 amide bonds. The van der Waals surface area contributed by atoms with Crippen molar-refractivity contribution in [3.05, 3.63) is 58.9 Å². The fourth-order valence-corrected chi connectivity index (χ4v) is 2.84. The van der Waals surface area contributed by atoms with Crippen molar-refractivity contribution in [3.8, 4) is 0 Å². The van der Waals surface area contributed by atoms with E-state index in [1.807, 2.05) is 0 Å². The quantitative estimate of drug-likeness (QED) is 0.545. The molecule has 0 spiro atoms. The SMILES string of the molecule is CCOC(=O)c1cc(NC(=O)c2ccc3nc(C(F)F)[nH]c3c2)cc(C(=O)OCC)c1. The second-order valence-electron chi connectivity index (χ2n) is 6.35. The Hall–Kier alpha value is -3.82. The van der Waals surface area contributed by atoms with Crippen LogP contribution in [0.15, 0.2) is 36.4 Å². The molecule has 1 aromatic heterocycles. The van der Waals surface area contributed by atoms with Crippen molar-refractivity contribution in [1.82, 2.24) is 9.97 Å². The molecule has 1 heterocycles. The van der Waals surface area contributed by atoms with Gasteiger partial charge in [0.25, 0.3) is 12.3 Å². The van der Waals surface area contributed by atoms with Gasteiger partial charge in [-0.3, -0.25) is 4.79 Å². The molecule has 2 aromatic carbocycles. The van der Waals surface area contributed by atoms with Crippen LogP contribution in [0.4, 0.5) is 14.5 Å². The number of imidazole rings is 1. The fraction of sp³-hybridized carbons (Fsp3) is 0.238. The van der Waals surface area contributed by atoms with Crippen LogP contribution >= 0.6 is 0 Å². The number of anilines is 1. The lowest BCUT2D eigenvalue weighted by Gasteiger charge is -2.10. The number of esters is 2. The van der Waals surface area contributed by atoms with Gasteiger partial charge < -0.3 is 19.8 Å². The first-order valence-electron chi connectivity index (χ1n) is 9.40. The van der Waals surface area contributed by atoms with Gasteiger partial charge >= 0.3 is 11.9 Å². The van der Waals surface area contributed by atoms with Crippen molar-refractivity contribution in [1.29, 1.82) is 0 Å². The third-order valence-corrected chi connectivity index (χ3v) is 4.18. The van der Waals surface area contributed by atoms with Crippen molar-refractivity contribution in [2.75, 3.05) is 18.5 Å². The molecule has 162 valence electrons. The number of fused-ring (bicyclic) bond motifs is 1. The smallest absolute Gasteiger partial charge is 0.338 e. The van der Waals surface area contributed by atoms with Crippen LogP contribution in [0.25, 0.3) is 11.0 Å². The number of carbonyl (C=O) groups excluding carboxylic acids is 3. The zero-order valence-corrected chi connectivity index (χ0v) is 16.7. The number of hydrogen-bond donors (Lipinski definition) is 2. The van der Waals surface area contributed by atoms with Gasteiger partial charge in [-0.25, -0.2) is 23.4 Å². The number of nitrogens with one attached hydrogen (secondary N) is 2. The first-order valence-corrected chi connectivity index (χ1v) is 9.40. The van der Waals surface area contributed by atoms with Gasteiger partial charge in [-0.15, -0.1) is 0 Å². The van der Waals surface area contributed by atoms with Crippen LogP contribution in [-0.4, -0.2) is 41.0 Å². The van der Waals surface area contributed by atoms with Crippen LogP contribution in [0.1, 0.15) is 57.2 Å². The van der Waals surface area contributed by atoms with Gasteiger partial charge in [-0.05, 0) is 50.2 Å². The summed E-state index contributed by atoms with van der Waals surface area (Å²) >= 11 is 0. The number of aromatic nitrogens is 2. The van der Waals surface area contributed by atoms with Crippen molar-refractivity contribution in [2.24, 2.45) is 0 Å². The molecule has 0 aliphatic carbocycles. The summed E-state index contributed by atoms with van der Waals surface area (Å²) < 4.78 is 35.6. The Bertz CT molecular complexity index is 1110. The summed E-state index contributed by atoms with van der Waals surface area (Å²) in [5.74, 6) is -2.40. The average molecular weight is 431 g/mol. The molecule has 2 N–H and O–H groups in total. The molecule has 3 aromatic rings. The van der Waals surface area contributed by atoms with Gasteiger partial charge in [0.1, 0.15) is 0 Å². The van der Waals surface area contributed by atoms with Gasteiger partial charge in [0.15, 0.2) is 5.82 Å². The van der Waals surface area contributed by atoms with E-state index in [-0.39, 0.29) is 41.1 Å². The Morgan fingerprint density at radius 3 is 2.13 bits per heavy atom. The lowest BCUT2D eigenvalue weighted by molar-refractivity contribution is 0.0525. The summed E-state index contributed by atoms with van der Waals surface area (Å²) in [4.78, 5) is 43.2. The summed E-state index contributed by atoms with van der Waals surface area (Å²) in [5, 5.41) is 2.59. The van der Waals surface area contributed by atoms with Gasteiger partial charge in [0.05, 0.1) is 35.4 Å². The van der Waals surface area contributed by atoms with E-state index in [1.54, 1.807) is 13.8 Å². The number of carbonyl (C=O) groups is 3.